The molecular weight excluding hydrogens is 214 g/mol. The maximum Gasteiger partial charge on any atom is 0.0208 e. The molecule has 0 radical (unpaired) electrons. The summed E-state index contributed by atoms with van der Waals surface area (Å²) in [6, 6.07) is 9.58. The van der Waals surface area contributed by atoms with Crippen molar-refractivity contribution in [2.45, 2.75) is 37.2 Å². The zero-order valence-corrected chi connectivity index (χ0v) is 10.6. The molecule has 2 rings (SSSR count). The lowest BCUT2D eigenvalue weighted by atomic mass is 10.2. The molecule has 0 bridgehead atoms. The van der Waals surface area contributed by atoms with Crippen LogP contribution in [0.2, 0.25) is 0 Å². The molecule has 0 unspecified atom stereocenters. The smallest absolute Gasteiger partial charge is 0.0208 e. The van der Waals surface area contributed by atoms with Gasteiger partial charge in [-0.3, -0.25) is 0 Å². The second-order valence-electron chi connectivity index (χ2n) is 4.55. The fraction of sp³-hybridized carbons (Fsp3) is 0.429. The van der Waals surface area contributed by atoms with Crippen molar-refractivity contribution in [1.82, 2.24) is 5.32 Å². The summed E-state index contributed by atoms with van der Waals surface area (Å²) in [6.45, 7) is 7.01. The standard InChI is InChI=1S/C14H19NS/c1-11(2)10-16-14-5-3-4-12(8-14)9-15-13-6-7-13/h3-5,8,13,15H,1,6-7,9-10H2,2H3. The summed E-state index contributed by atoms with van der Waals surface area (Å²) in [5, 5.41) is 3.54. The summed E-state index contributed by atoms with van der Waals surface area (Å²) >= 11 is 1.87. The van der Waals surface area contributed by atoms with Crippen LogP contribution in [-0.2, 0) is 6.54 Å². The van der Waals surface area contributed by atoms with Crippen LogP contribution in [-0.4, -0.2) is 11.8 Å². The molecular formula is C14H19NS. The van der Waals surface area contributed by atoms with Crippen LogP contribution < -0.4 is 5.32 Å². The van der Waals surface area contributed by atoms with E-state index in [4.69, 9.17) is 0 Å². The average Bonchev–Trinajstić information content (AvgIpc) is 3.08. The molecule has 2 heteroatoms. The Balaban J connectivity index is 1.87. The predicted molar refractivity (Wildman–Crippen MR) is 71.8 cm³/mol. The number of nitrogens with one attached hydrogen (secondary N) is 1. The zero-order chi connectivity index (χ0) is 11.4. The molecule has 0 heterocycles. The number of hydrogen-bond acceptors (Lipinski definition) is 2. The van der Waals surface area contributed by atoms with Gasteiger partial charge >= 0.3 is 0 Å². The molecule has 1 fully saturated rings. The highest BCUT2D eigenvalue weighted by Crippen LogP contribution is 2.22. The number of hydrogen-bond donors (Lipinski definition) is 1. The normalized spacial score (nSPS) is 15.1. The van der Waals surface area contributed by atoms with E-state index in [1.165, 1.54) is 28.9 Å². The first-order valence-electron chi connectivity index (χ1n) is 5.83. The number of rotatable bonds is 6. The molecule has 0 amide bonds. The Morgan fingerprint density at radius 1 is 1.50 bits per heavy atom. The number of benzene rings is 1. The van der Waals surface area contributed by atoms with E-state index in [0.29, 0.717) is 0 Å². The van der Waals surface area contributed by atoms with Gasteiger partial charge in [-0.2, -0.15) is 0 Å². The van der Waals surface area contributed by atoms with Crippen molar-refractivity contribution in [3.8, 4) is 0 Å². The highest BCUT2D eigenvalue weighted by molar-refractivity contribution is 7.99. The third-order valence-corrected chi connectivity index (χ3v) is 3.78. The average molecular weight is 233 g/mol. The molecule has 0 atom stereocenters. The zero-order valence-electron chi connectivity index (χ0n) is 9.83. The molecule has 0 saturated heterocycles. The first-order valence-corrected chi connectivity index (χ1v) is 6.82. The van der Waals surface area contributed by atoms with E-state index in [9.17, 15) is 0 Å². The fourth-order valence-corrected chi connectivity index (χ4v) is 2.32. The van der Waals surface area contributed by atoms with Gasteiger partial charge < -0.3 is 5.32 Å². The van der Waals surface area contributed by atoms with Gasteiger partial charge in [0.1, 0.15) is 0 Å². The van der Waals surface area contributed by atoms with Crippen LogP contribution in [0.1, 0.15) is 25.3 Å². The Labute approximate surface area is 102 Å². The van der Waals surface area contributed by atoms with E-state index in [0.717, 1.165) is 18.3 Å². The largest absolute Gasteiger partial charge is 0.310 e. The lowest BCUT2D eigenvalue weighted by Crippen LogP contribution is -2.15. The molecule has 16 heavy (non-hydrogen) atoms. The maximum absolute atomic E-state index is 3.93. The van der Waals surface area contributed by atoms with Gasteiger partial charge in [-0.25, -0.2) is 0 Å². The van der Waals surface area contributed by atoms with E-state index in [1.54, 1.807) is 0 Å². The summed E-state index contributed by atoms with van der Waals surface area (Å²) in [6.07, 6.45) is 2.70. The minimum absolute atomic E-state index is 0.784. The van der Waals surface area contributed by atoms with Gasteiger partial charge in [0.2, 0.25) is 0 Å². The molecule has 1 nitrogen and oxygen atoms in total. The van der Waals surface area contributed by atoms with Crippen molar-refractivity contribution in [3.63, 3.8) is 0 Å². The topological polar surface area (TPSA) is 12.0 Å². The second-order valence-corrected chi connectivity index (χ2v) is 5.60. The molecule has 1 N–H and O–H groups in total. The van der Waals surface area contributed by atoms with Crippen molar-refractivity contribution in [2.75, 3.05) is 5.75 Å². The predicted octanol–water partition coefficient (Wildman–Crippen LogP) is 3.61. The molecule has 1 aromatic rings. The SMILES string of the molecule is C=C(C)CSc1cccc(CNC2CC2)c1. The Hall–Kier alpha value is -0.730. The summed E-state index contributed by atoms with van der Waals surface area (Å²) in [5.41, 5.74) is 2.62. The molecule has 1 saturated carbocycles. The molecule has 1 aliphatic rings. The lowest BCUT2D eigenvalue weighted by Gasteiger charge is -2.06. The maximum atomic E-state index is 3.93. The molecule has 0 aliphatic heterocycles. The van der Waals surface area contributed by atoms with E-state index in [2.05, 4.69) is 43.1 Å². The van der Waals surface area contributed by atoms with Crippen molar-refractivity contribution in [1.29, 1.82) is 0 Å². The molecule has 0 aromatic heterocycles. The van der Waals surface area contributed by atoms with Crippen LogP contribution in [0.3, 0.4) is 0 Å². The molecule has 1 aromatic carbocycles. The first kappa shape index (κ1) is 11.7. The van der Waals surface area contributed by atoms with Gasteiger partial charge in [0, 0.05) is 23.2 Å². The Morgan fingerprint density at radius 3 is 3.00 bits per heavy atom. The van der Waals surface area contributed by atoms with Gasteiger partial charge in [0.15, 0.2) is 0 Å². The van der Waals surface area contributed by atoms with E-state index >= 15 is 0 Å². The third kappa shape index (κ3) is 4.03. The summed E-state index contributed by atoms with van der Waals surface area (Å²) < 4.78 is 0. The van der Waals surface area contributed by atoms with E-state index in [-0.39, 0.29) is 0 Å². The Morgan fingerprint density at radius 2 is 2.31 bits per heavy atom. The highest BCUT2D eigenvalue weighted by atomic mass is 32.2. The lowest BCUT2D eigenvalue weighted by molar-refractivity contribution is 0.687. The van der Waals surface area contributed by atoms with Crippen molar-refractivity contribution < 1.29 is 0 Å². The van der Waals surface area contributed by atoms with Crippen LogP contribution in [0.15, 0.2) is 41.3 Å². The van der Waals surface area contributed by atoms with Crippen LogP contribution in [0, 0.1) is 0 Å². The third-order valence-electron chi connectivity index (χ3n) is 2.56. The molecule has 1 aliphatic carbocycles. The van der Waals surface area contributed by atoms with E-state index in [1.807, 2.05) is 11.8 Å². The van der Waals surface area contributed by atoms with E-state index < -0.39 is 0 Å². The monoisotopic (exact) mass is 233 g/mol. The number of thioether (sulfide) groups is 1. The summed E-state index contributed by atoms with van der Waals surface area (Å²) in [4.78, 5) is 1.35. The minimum Gasteiger partial charge on any atom is -0.310 e. The van der Waals surface area contributed by atoms with Gasteiger partial charge in [-0.15, -0.1) is 11.8 Å². The fourth-order valence-electron chi connectivity index (χ4n) is 1.50. The van der Waals surface area contributed by atoms with Crippen LogP contribution in [0.5, 0.6) is 0 Å². The van der Waals surface area contributed by atoms with Crippen LogP contribution >= 0.6 is 11.8 Å². The first-order chi connectivity index (χ1) is 7.74. The second kappa shape index (κ2) is 5.55. The van der Waals surface area contributed by atoms with Gasteiger partial charge in [0.25, 0.3) is 0 Å². The van der Waals surface area contributed by atoms with Crippen LogP contribution in [0.4, 0.5) is 0 Å². The highest BCUT2D eigenvalue weighted by Gasteiger charge is 2.19. The molecule has 86 valence electrons. The summed E-state index contributed by atoms with van der Waals surface area (Å²) in [7, 11) is 0. The van der Waals surface area contributed by atoms with Crippen LogP contribution in [0.25, 0.3) is 0 Å². The van der Waals surface area contributed by atoms with Gasteiger partial charge in [0.05, 0.1) is 0 Å². The van der Waals surface area contributed by atoms with Gasteiger partial charge in [-0.05, 0) is 37.5 Å². The van der Waals surface area contributed by atoms with Crippen molar-refractivity contribution in [2.24, 2.45) is 0 Å². The summed E-state index contributed by atoms with van der Waals surface area (Å²) in [5.74, 6) is 1.01. The Kier molecular flexibility index (Phi) is 4.08. The minimum atomic E-state index is 0.784. The quantitative estimate of drug-likeness (QED) is 0.595. The van der Waals surface area contributed by atoms with Crippen molar-refractivity contribution in [3.05, 3.63) is 42.0 Å². The Bertz CT molecular complexity index is 369. The van der Waals surface area contributed by atoms with Crippen molar-refractivity contribution >= 4 is 11.8 Å². The molecule has 0 spiro atoms. The van der Waals surface area contributed by atoms with Gasteiger partial charge in [-0.1, -0.05) is 24.3 Å².